The Labute approximate surface area is 93.8 Å². The molecule has 16 heavy (non-hydrogen) atoms. The highest BCUT2D eigenvalue weighted by molar-refractivity contribution is 5.95. The van der Waals surface area contributed by atoms with Crippen molar-refractivity contribution in [2.24, 2.45) is 5.92 Å². The average Bonchev–Trinajstić information content (AvgIpc) is 2.90. The number of likely N-dealkylation sites (tertiary alicyclic amines) is 1. The molecule has 3 rings (SSSR count). The van der Waals surface area contributed by atoms with Crippen LogP contribution in [-0.4, -0.2) is 41.6 Å². The largest absolute Gasteiger partial charge is 0.361 e. The topological polar surface area (TPSA) is 58.4 Å². The second-order valence-corrected chi connectivity index (χ2v) is 4.57. The van der Waals surface area contributed by atoms with Crippen LogP contribution in [0.4, 0.5) is 0 Å². The van der Waals surface area contributed by atoms with E-state index >= 15 is 0 Å². The van der Waals surface area contributed by atoms with Crippen molar-refractivity contribution in [1.29, 1.82) is 0 Å². The summed E-state index contributed by atoms with van der Waals surface area (Å²) in [5, 5.41) is 7.00. The van der Waals surface area contributed by atoms with Gasteiger partial charge in [0.25, 0.3) is 5.91 Å². The first-order chi connectivity index (χ1) is 7.77. The fourth-order valence-electron chi connectivity index (χ4n) is 2.76. The molecule has 2 aliphatic heterocycles. The maximum absolute atomic E-state index is 12.3. The maximum Gasteiger partial charge on any atom is 0.259 e. The van der Waals surface area contributed by atoms with Crippen molar-refractivity contribution in [2.75, 3.05) is 19.6 Å². The van der Waals surface area contributed by atoms with Gasteiger partial charge in [-0.1, -0.05) is 5.16 Å². The summed E-state index contributed by atoms with van der Waals surface area (Å²) in [6.07, 6.45) is 2.63. The molecule has 0 radical (unpaired) electrons. The van der Waals surface area contributed by atoms with Crippen molar-refractivity contribution in [3.05, 3.63) is 17.5 Å². The Balaban J connectivity index is 1.83. The number of fused-ring (bicyclic) bond motifs is 1. The Morgan fingerprint density at radius 2 is 2.50 bits per heavy atom. The first-order valence-electron chi connectivity index (χ1n) is 5.70. The van der Waals surface area contributed by atoms with Gasteiger partial charge in [-0.3, -0.25) is 4.79 Å². The van der Waals surface area contributed by atoms with Crippen LogP contribution in [0.15, 0.2) is 10.7 Å². The maximum atomic E-state index is 12.3. The molecule has 0 aromatic carbocycles. The van der Waals surface area contributed by atoms with Crippen LogP contribution in [0.1, 0.15) is 22.5 Å². The number of hydrogen-bond donors (Lipinski definition) is 1. The zero-order chi connectivity index (χ0) is 11.1. The molecular formula is C11H15N3O2. The summed E-state index contributed by atoms with van der Waals surface area (Å²) in [6.45, 7) is 4.60. The Morgan fingerprint density at radius 3 is 3.25 bits per heavy atom. The van der Waals surface area contributed by atoms with Crippen LogP contribution < -0.4 is 5.32 Å². The summed E-state index contributed by atoms with van der Waals surface area (Å²) in [7, 11) is 0. The van der Waals surface area contributed by atoms with Crippen LogP contribution in [0.2, 0.25) is 0 Å². The van der Waals surface area contributed by atoms with Crippen molar-refractivity contribution in [2.45, 2.75) is 19.4 Å². The van der Waals surface area contributed by atoms with Gasteiger partial charge >= 0.3 is 0 Å². The van der Waals surface area contributed by atoms with Gasteiger partial charge in [0.05, 0.1) is 6.20 Å². The molecule has 1 aromatic rings. The van der Waals surface area contributed by atoms with Gasteiger partial charge in [-0.25, -0.2) is 0 Å². The fraction of sp³-hybridized carbons (Fsp3) is 0.636. The Kier molecular flexibility index (Phi) is 2.21. The predicted molar refractivity (Wildman–Crippen MR) is 57.0 cm³/mol. The van der Waals surface area contributed by atoms with E-state index in [1.807, 2.05) is 4.90 Å². The van der Waals surface area contributed by atoms with Crippen LogP contribution in [0.5, 0.6) is 0 Å². The molecule has 0 aliphatic carbocycles. The van der Waals surface area contributed by atoms with Gasteiger partial charge in [0, 0.05) is 25.7 Å². The first-order valence-corrected chi connectivity index (χ1v) is 5.70. The first kappa shape index (κ1) is 9.84. The molecule has 1 amide bonds. The highest BCUT2D eigenvalue weighted by atomic mass is 16.5. The smallest absolute Gasteiger partial charge is 0.259 e. The lowest BCUT2D eigenvalue weighted by Gasteiger charge is -2.22. The van der Waals surface area contributed by atoms with E-state index in [-0.39, 0.29) is 5.91 Å². The van der Waals surface area contributed by atoms with Crippen LogP contribution in [-0.2, 0) is 0 Å². The van der Waals surface area contributed by atoms with Crippen molar-refractivity contribution in [1.82, 2.24) is 15.4 Å². The van der Waals surface area contributed by atoms with E-state index in [0.29, 0.717) is 23.3 Å². The second-order valence-electron chi connectivity index (χ2n) is 4.57. The van der Waals surface area contributed by atoms with E-state index in [9.17, 15) is 4.79 Å². The van der Waals surface area contributed by atoms with Gasteiger partial charge in [-0.2, -0.15) is 0 Å². The Hall–Kier alpha value is -1.36. The van der Waals surface area contributed by atoms with E-state index in [4.69, 9.17) is 4.52 Å². The highest BCUT2D eigenvalue weighted by Crippen LogP contribution is 2.28. The molecule has 0 saturated carbocycles. The number of aromatic nitrogens is 1. The summed E-state index contributed by atoms with van der Waals surface area (Å²) < 4.78 is 4.94. The van der Waals surface area contributed by atoms with Gasteiger partial charge in [-0.15, -0.1) is 0 Å². The third-order valence-electron chi connectivity index (χ3n) is 3.69. The van der Waals surface area contributed by atoms with Crippen LogP contribution in [0.3, 0.4) is 0 Å². The predicted octanol–water partition coefficient (Wildman–Crippen LogP) is 0.417. The van der Waals surface area contributed by atoms with E-state index in [1.54, 1.807) is 6.92 Å². The minimum Gasteiger partial charge on any atom is -0.361 e. The highest BCUT2D eigenvalue weighted by Gasteiger charge is 2.40. The molecule has 86 valence electrons. The number of carbonyl (C=O) groups is 1. The SMILES string of the molecule is Cc1oncc1C(=O)N1CC[C@@H]2CNC[C@@H]21. The molecule has 0 bridgehead atoms. The van der Waals surface area contributed by atoms with E-state index in [1.165, 1.54) is 6.20 Å². The van der Waals surface area contributed by atoms with Crippen LogP contribution in [0.25, 0.3) is 0 Å². The molecule has 5 heteroatoms. The molecule has 0 spiro atoms. The number of rotatable bonds is 1. The molecule has 3 heterocycles. The number of carbonyl (C=O) groups excluding carboxylic acids is 1. The molecule has 0 unspecified atom stereocenters. The molecule has 2 atom stereocenters. The summed E-state index contributed by atoms with van der Waals surface area (Å²) in [5.41, 5.74) is 0.604. The number of amides is 1. The van der Waals surface area contributed by atoms with Crippen LogP contribution >= 0.6 is 0 Å². The number of hydrogen-bond acceptors (Lipinski definition) is 4. The normalized spacial score (nSPS) is 28.4. The summed E-state index contributed by atoms with van der Waals surface area (Å²) >= 11 is 0. The van der Waals surface area contributed by atoms with Crippen molar-refractivity contribution in [3.8, 4) is 0 Å². The van der Waals surface area contributed by atoms with Crippen molar-refractivity contribution >= 4 is 5.91 Å². The van der Waals surface area contributed by atoms with Gasteiger partial charge in [0.1, 0.15) is 11.3 Å². The summed E-state index contributed by atoms with van der Waals surface area (Å²) in [4.78, 5) is 14.2. The monoisotopic (exact) mass is 221 g/mol. The summed E-state index contributed by atoms with van der Waals surface area (Å²) in [5.74, 6) is 1.30. The van der Waals surface area contributed by atoms with Gasteiger partial charge in [0.15, 0.2) is 0 Å². The molecular weight excluding hydrogens is 206 g/mol. The number of nitrogens with zero attached hydrogens (tertiary/aromatic N) is 2. The molecule has 2 fully saturated rings. The lowest BCUT2D eigenvalue weighted by atomic mass is 10.0. The zero-order valence-electron chi connectivity index (χ0n) is 9.27. The Bertz CT molecular complexity index is 415. The minimum absolute atomic E-state index is 0.0648. The molecule has 1 N–H and O–H groups in total. The third-order valence-corrected chi connectivity index (χ3v) is 3.69. The van der Waals surface area contributed by atoms with E-state index in [2.05, 4.69) is 10.5 Å². The molecule has 2 aliphatic rings. The van der Waals surface area contributed by atoms with E-state index < -0.39 is 0 Å². The quantitative estimate of drug-likeness (QED) is 0.746. The van der Waals surface area contributed by atoms with Gasteiger partial charge < -0.3 is 14.7 Å². The minimum atomic E-state index is 0.0648. The Morgan fingerprint density at radius 1 is 1.62 bits per heavy atom. The van der Waals surface area contributed by atoms with Gasteiger partial charge in [0.2, 0.25) is 0 Å². The standard InChI is InChI=1S/C11H15N3O2/c1-7-9(5-13-16-7)11(15)14-3-2-8-4-12-6-10(8)14/h5,8,10,12H,2-4,6H2,1H3/t8-,10+/m1/s1. The number of nitrogens with one attached hydrogen (secondary N) is 1. The van der Waals surface area contributed by atoms with Crippen molar-refractivity contribution in [3.63, 3.8) is 0 Å². The molecule has 1 aromatic heterocycles. The van der Waals surface area contributed by atoms with Gasteiger partial charge in [-0.05, 0) is 19.3 Å². The third kappa shape index (κ3) is 1.35. The zero-order valence-corrected chi connectivity index (χ0v) is 9.27. The lowest BCUT2D eigenvalue weighted by Crippen LogP contribution is -2.39. The lowest BCUT2D eigenvalue weighted by molar-refractivity contribution is 0.0735. The average molecular weight is 221 g/mol. The fourth-order valence-corrected chi connectivity index (χ4v) is 2.76. The van der Waals surface area contributed by atoms with Crippen molar-refractivity contribution < 1.29 is 9.32 Å². The molecule has 2 saturated heterocycles. The second kappa shape index (κ2) is 3.59. The molecule has 5 nitrogen and oxygen atoms in total. The summed E-state index contributed by atoms with van der Waals surface area (Å²) in [6, 6.07) is 0.363. The van der Waals surface area contributed by atoms with Crippen LogP contribution in [0, 0.1) is 12.8 Å². The van der Waals surface area contributed by atoms with E-state index in [0.717, 1.165) is 26.1 Å². The number of aryl methyl sites for hydroxylation is 1.